The van der Waals surface area contributed by atoms with Crippen LogP contribution in [0.5, 0.6) is 0 Å². The predicted octanol–water partition coefficient (Wildman–Crippen LogP) is 0.0127. The van der Waals surface area contributed by atoms with E-state index in [0.29, 0.717) is 6.42 Å². The maximum atomic E-state index is 10.7. The molecule has 5 N–H and O–H groups in total. The van der Waals surface area contributed by atoms with E-state index in [2.05, 4.69) is 4.99 Å². The van der Waals surface area contributed by atoms with Gasteiger partial charge in [-0.25, -0.2) is 9.56 Å². The average molecular weight is 278 g/mol. The lowest BCUT2D eigenvalue weighted by Gasteiger charge is -2.07. The van der Waals surface area contributed by atoms with E-state index in [1.807, 2.05) is 6.26 Å². The Bertz CT molecular complexity index is 271. The van der Waals surface area contributed by atoms with Gasteiger partial charge in [0.15, 0.2) is 0 Å². The number of nitrogens with zero attached hydrogens (tertiary/aromatic N) is 1. The number of hydrogen-bond donors (Lipinski definition) is 5. The average Bonchev–Trinajstić information content (AvgIpc) is 1.99. The molecule has 0 aromatic rings. The first-order valence-electron chi connectivity index (χ1n) is 3.87. The first kappa shape index (κ1) is 15.5. The van der Waals surface area contributed by atoms with E-state index in [1.165, 1.54) is 11.8 Å². The van der Waals surface area contributed by atoms with Gasteiger partial charge in [0, 0.05) is 6.54 Å². The zero-order valence-electron chi connectivity index (χ0n) is 8.02. The molecule has 0 amide bonds. The molecule has 0 aromatic carbocycles. The normalized spacial score (nSPS) is 14.4. The zero-order chi connectivity index (χ0) is 12.1. The first-order chi connectivity index (χ1) is 6.69. The number of rotatable bonds is 6. The summed E-state index contributed by atoms with van der Waals surface area (Å²) in [5.74, 6) is 0.728. The van der Waals surface area contributed by atoms with Crippen molar-refractivity contribution in [3.63, 3.8) is 0 Å². The van der Waals surface area contributed by atoms with Crippen molar-refractivity contribution in [3.05, 3.63) is 0 Å². The maximum Gasteiger partial charge on any atom is 0.469 e. The summed E-state index contributed by atoms with van der Waals surface area (Å²) in [6.45, 7) is 0.0325. The minimum Gasteiger partial charge on any atom is -0.317 e. The smallest absolute Gasteiger partial charge is 0.317 e. The lowest BCUT2D eigenvalue weighted by Crippen LogP contribution is -2.07. The van der Waals surface area contributed by atoms with Crippen molar-refractivity contribution < 1.29 is 29.0 Å². The molecule has 90 valence electrons. The van der Waals surface area contributed by atoms with Gasteiger partial charge in [-0.3, -0.25) is 0 Å². The summed E-state index contributed by atoms with van der Waals surface area (Å²) >= 11 is 1.53. The van der Waals surface area contributed by atoms with Crippen molar-refractivity contribution in [1.82, 2.24) is 0 Å². The van der Waals surface area contributed by atoms with E-state index in [1.54, 1.807) is 0 Å². The Morgan fingerprint density at radius 2 is 1.93 bits per heavy atom. The van der Waals surface area contributed by atoms with E-state index in [-0.39, 0.29) is 6.54 Å². The highest BCUT2D eigenvalue weighted by Gasteiger charge is 2.51. The Morgan fingerprint density at radius 3 is 2.27 bits per heavy atom. The van der Waals surface area contributed by atoms with Crippen LogP contribution in [0.3, 0.4) is 0 Å². The number of thioether (sulfide) groups is 1. The summed E-state index contributed by atoms with van der Waals surface area (Å²) in [6, 6.07) is 0. The SMILES string of the molecule is CSCCCN=C(P(=O)(O)O)[P+](O)(O)O. The van der Waals surface area contributed by atoms with E-state index in [4.69, 9.17) is 24.5 Å². The third kappa shape index (κ3) is 6.60. The van der Waals surface area contributed by atoms with Gasteiger partial charge in [-0.2, -0.15) is 26.4 Å². The molecule has 0 radical (unpaired) electrons. The van der Waals surface area contributed by atoms with Crippen LogP contribution < -0.4 is 0 Å². The van der Waals surface area contributed by atoms with Crippen molar-refractivity contribution >= 4 is 32.5 Å². The number of hydrogen-bond acceptors (Lipinski definition) is 6. The van der Waals surface area contributed by atoms with Gasteiger partial charge in [0.2, 0.25) is 0 Å². The summed E-state index contributed by atoms with van der Waals surface area (Å²) in [4.78, 5) is 47.0. The van der Waals surface area contributed by atoms with Gasteiger partial charge in [0.05, 0.1) is 0 Å². The maximum absolute atomic E-state index is 10.7. The van der Waals surface area contributed by atoms with Gasteiger partial charge >= 0.3 is 20.7 Å². The topological polar surface area (TPSA) is 131 Å². The van der Waals surface area contributed by atoms with Crippen LogP contribution in [-0.2, 0) is 4.57 Å². The third-order valence-corrected chi connectivity index (χ3v) is 4.91. The van der Waals surface area contributed by atoms with Gasteiger partial charge in [0.1, 0.15) is 0 Å². The predicted molar refractivity (Wildman–Crippen MR) is 60.9 cm³/mol. The summed E-state index contributed by atoms with van der Waals surface area (Å²) in [5, 5.41) is -1.21. The fraction of sp³-hybridized carbons (Fsp3) is 0.800. The van der Waals surface area contributed by atoms with Crippen LogP contribution in [0.1, 0.15) is 6.42 Å². The van der Waals surface area contributed by atoms with E-state index < -0.39 is 20.7 Å². The molecule has 0 unspecified atom stereocenters. The van der Waals surface area contributed by atoms with E-state index in [0.717, 1.165) is 5.75 Å². The van der Waals surface area contributed by atoms with Crippen molar-refractivity contribution in [2.45, 2.75) is 6.42 Å². The Kier molecular flexibility index (Phi) is 6.47. The van der Waals surface area contributed by atoms with Crippen molar-refractivity contribution in [1.29, 1.82) is 0 Å². The van der Waals surface area contributed by atoms with Crippen LogP contribution in [0.15, 0.2) is 4.99 Å². The molecule has 0 fully saturated rings. The summed E-state index contributed by atoms with van der Waals surface area (Å²) in [5.41, 5.74) is 0. The molecule has 0 aliphatic rings. The van der Waals surface area contributed by atoms with Crippen LogP contribution in [0, 0.1) is 0 Å². The van der Waals surface area contributed by atoms with Gasteiger partial charge in [-0.15, -0.1) is 0 Å². The fourth-order valence-electron chi connectivity index (χ4n) is 0.750. The summed E-state index contributed by atoms with van der Waals surface area (Å²) < 4.78 is 10.7. The molecule has 0 bridgehead atoms. The molecule has 0 atom stereocenters. The molecule has 0 spiro atoms. The van der Waals surface area contributed by atoms with Crippen molar-refractivity contribution in [2.75, 3.05) is 18.6 Å². The Hall–Kier alpha value is 0.480. The first-order valence-corrected chi connectivity index (χ1v) is 8.52. The molecule has 15 heavy (non-hydrogen) atoms. The quantitative estimate of drug-likeness (QED) is 0.263. The molecular formula is C5H14NO6P2S+. The second-order valence-electron chi connectivity index (χ2n) is 2.64. The van der Waals surface area contributed by atoms with E-state index >= 15 is 0 Å². The molecular weight excluding hydrogens is 264 g/mol. The standard InChI is InChI=1S/C5H13NO6P2S/c1-15-4-2-3-6-5(13(7,8)9)14(10,11)12/h7-9H,2-4H2,1H3,(H-,10,11,12)/p+1. The lowest BCUT2D eigenvalue weighted by molar-refractivity contribution is 0.348. The second-order valence-corrected chi connectivity index (χ2v) is 7.05. The van der Waals surface area contributed by atoms with Crippen molar-refractivity contribution in [2.24, 2.45) is 4.99 Å². The van der Waals surface area contributed by atoms with Crippen LogP contribution in [-0.4, -0.2) is 48.2 Å². The molecule has 7 nitrogen and oxygen atoms in total. The third-order valence-electron chi connectivity index (χ3n) is 1.29. The minimum atomic E-state index is -4.90. The molecule has 0 aliphatic carbocycles. The van der Waals surface area contributed by atoms with Crippen LogP contribution in [0.4, 0.5) is 0 Å². The highest BCUT2D eigenvalue weighted by atomic mass is 32.2. The molecule has 0 aromatic heterocycles. The van der Waals surface area contributed by atoms with Crippen LogP contribution >= 0.6 is 27.3 Å². The second kappa shape index (κ2) is 6.27. The van der Waals surface area contributed by atoms with Gasteiger partial charge in [-0.05, 0) is 18.4 Å². The summed E-state index contributed by atoms with van der Waals surface area (Å²) in [6.07, 6.45) is 2.39. The highest BCUT2D eigenvalue weighted by Crippen LogP contribution is 2.60. The lowest BCUT2D eigenvalue weighted by atomic mass is 10.5. The Balaban J connectivity index is 4.60. The van der Waals surface area contributed by atoms with Gasteiger partial charge in [0.25, 0.3) is 0 Å². The largest absolute Gasteiger partial charge is 0.469 e. The Labute approximate surface area is 92.0 Å². The monoisotopic (exact) mass is 278 g/mol. The van der Waals surface area contributed by atoms with Crippen LogP contribution in [0.2, 0.25) is 0 Å². The van der Waals surface area contributed by atoms with Crippen molar-refractivity contribution in [3.8, 4) is 0 Å². The molecule has 0 heterocycles. The van der Waals surface area contributed by atoms with Gasteiger partial charge in [-0.1, -0.05) is 0 Å². The zero-order valence-corrected chi connectivity index (χ0v) is 10.6. The molecule has 0 aliphatic heterocycles. The van der Waals surface area contributed by atoms with Gasteiger partial charge < -0.3 is 9.79 Å². The van der Waals surface area contributed by atoms with E-state index in [9.17, 15) is 4.57 Å². The molecule has 10 heteroatoms. The summed E-state index contributed by atoms with van der Waals surface area (Å²) in [7, 11) is -9.62. The molecule has 0 rings (SSSR count). The fourth-order valence-corrected chi connectivity index (χ4v) is 3.14. The highest BCUT2D eigenvalue weighted by molar-refractivity contribution is 8.00. The minimum absolute atomic E-state index is 0.0325. The molecule has 0 saturated carbocycles. The van der Waals surface area contributed by atoms with Crippen LogP contribution in [0.25, 0.3) is 0 Å². The number of aliphatic imine (C=N–C) groups is 1. The Morgan fingerprint density at radius 1 is 1.40 bits per heavy atom. The molecule has 0 saturated heterocycles.